The summed E-state index contributed by atoms with van der Waals surface area (Å²) in [6.45, 7) is 3.81. The molecule has 0 N–H and O–H groups in total. The first kappa shape index (κ1) is 10.7. The Morgan fingerprint density at radius 2 is 1.73 bits per heavy atom. The first-order chi connectivity index (χ1) is 5.22. The van der Waals surface area contributed by atoms with E-state index in [9.17, 15) is 0 Å². The molecule has 11 heavy (non-hydrogen) atoms. The highest BCUT2D eigenvalue weighted by molar-refractivity contribution is 6.30. The van der Waals surface area contributed by atoms with E-state index >= 15 is 0 Å². The molecule has 0 aromatic carbocycles. The highest BCUT2D eigenvalue weighted by Gasteiger charge is 1.97. The summed E-state index contributed by atoms with van der Waals surface area (Å²) in [5, 5.41) is 0.544. The van der Waals surface area contributed by atoms with Crippen molar-refractivity contribution in [2.24, 2.45) is 0 Å². The summed E-state index contributed by atoms with van der Waals surface area (Å²) in [5.74, 6) is 0. The highest BCUT2D eigenvalue weighted by Crippen LogP contribution is 2.11. The lowest BCUT2D eigenvalue weighted by Gasteiger charge is -1.96. The number of alkyl halides is 1. The average Bonchev–Trinajstić information content (AvgIpc) is 2.04. The van der Waals surface area contributed by atoms with Gasteiger partial charge >= 0.3 is 0 Å². The second kappa shape index (κ2) is 5.33. The van der Waals surface area contributed by atoms with E-state index in [0.29, 0.717) is 5.15 Å². The molecule has 0 saturated heterocycles. The van der Waals surface area contributed by atoms with E-state index in [1.807, 2.05) is 13.8 Å². The first-order valence-corrected chi connectivity index (χ1v) is 4.16. The normalized spacial score (nSPS) is 8.45. The van der Waals surface area contributed by atoms with Crippen LogP contribution in [0.25, 0.3) is 0 Å². The van der Waals surface area contributed by atoms with Crippen molar-refractivity contribution < 1.29 is 0 Å². The van der Waals surface area contributed by atoms with Gasteiger partial charge < -0.3 is 0 Å². The van der Waals surface area contributed by atoms with Crippen molar-refractivity contribution in [2.45, 2.75) is 13.8 Å². The van der Waals surface area contributed by atoms with Crippen LogP contribution in [0.3, 0.4) is 0 Å². The van der Waals surface area contributed by atoms with Gasteiger partial charge in [0.1, 0.15) is 11.5 Å². The summed E-state index contributed by atoms with van der Waals surface area (Å²) < 4.78 is 0. The molecular formula is C7H10Cl2N2. The third kappa shape index (κ3) is 3.04. The maximum atomic E-state index is 5.66. The fourth-order valence-corrected chi connectivity index (χ4v) is 0.689. The fourth-order valence-electron chi connectivity index (χ4n) is 0.509. The molecule has 0 unspecified atom stereocenters. The second-order valence-corrected chi connectivity index (χ2v) is 2.23. The molecule has 2 nitrogen and oxygen atoms in total. The molecule has 0 aliphatic rings. The zero-order chi connectivity index (χ0) is 8.85. The zero-order valence-electron chi connectivity index (χ0n) is 6.73. The van der Waals surface area contributed by atoms with Gasteiger partial charge in [-0.1, -0.05) is 11.6 Å². The number of aromatic nitrogens is 2. The Balaban J connectivity index is 0.000000461. The first-order valence-electron chi connectivity index (χ1n) is 3.03. The number of aryl methyl sites for hydroxylation is 1. The summed E-state index contributed by atoms with van der Waals surface area (Å²) in [4.78, 5) is 7.74. The summed E-state index contributed by atoms with van der Waals surface area (Å²) in [6.07, 6.45) is 2.94. The minimum Gasteiger partial charge on any atom is -0.241 e. The quantitative estimate of drug-likeness (QED) is 0.467. The number of rotatable bonds is 0. The van der Waals surface area contributed by atoms with Gasteiger partial charge in [0.05, 0.1) is 0 Å². The summed E-state index contributed by atoms with van der Waals surface area (Å²) >= 11 is 10.3. The van der Waals surface area contributed by atoms with Crippen LogP contribution >= 0.6 is 23.2 Å². The molecule has 1 aromatic heterocycles. The Bertz CT molecular complexity index is 205. The SMILES string of the molecule is CCl.Cc1ncnc(Cl)c1C. The van der Waals surface area contributed by atoms with Crippen molar-refractivity contribution in [3.8, 4) is 0 Å². The van der Waals surface area contributed by atoms with Crippen LogP contribution in [-0.2, 0) is 0 Å². The Morgan fingerprint density at radius 3 is 2.09 bits per heavy atom. The van der Waals surface area contributed by atoms with Crippen LogP contribution in [0, 0.1) is 13.8 Å². The average molecular weight is 193 g/mol. The number of halogens is 2. The van der Waals surface area contributed by atoms with E-state index in [-0.39, 0.29) is 0 Å². The maximum Gasteiger partial charge on any atom is 0.135 e. The molecular weight excluding hydrogens is 183 g/mol. The molecule has 1 aromatic rings. The predicted molar refractivity (Wildman–Crippen MR) is 48.3 cm³/mol. The van der Waals surface area contributed by atoms with Gasteiger partial charge in [-0.25, -0.2) is 9.97 Å². The van der Waals surface area contributed by atoms with Crippen molar-refractivity contribution in [2.75, 3.05) is 6.38 Å². The number of hydrogen-bond donors (Lipinski definition) is 0. The lowest BCUT2D eigenvalue weighted by molar-refractivity contribution is 1.06. The standard InChI is InChI=1S/C6H7ClN2.CH3Cl/c1-4-5(2)8-3-9-6(4)7;1-2/h3H,1-2H3;1H3. The summed E-state index contributed by atoms with van der Waals surface area (Å²) in [7, 11) is 0. The molecule has 0 aliphatic carbocycles. The van der Waals surface area contributed by atoms with Crippen LogP contribution in [0.15, 0.2) is 6.33 Å². The Hall–Kier alpha value is -0.340. The van der Waals surface area contributed by atoms with E-state index in [2.05, 4.69) is 21.6 Å². The molecule has 0 fully saturated rings. The highest BCUT2D eigenvalue weighted by atomic mass is 35.5. The van der Waals surface area contributed by atoms with Crippen molar-refractivity contribution in [1.29, 1.82) is 0 Å². The molecule has 4 heteroatoms. The third-order valence-corrected chi connectivity index (χ3v) is 1.66. The van der Waals surface area contributed by atoms with Crippen LogP contribution in [0.5, 0.6) is 0 Å². The van der Waals surface area contributed by atoms with Gasteiger partial charge in [0.15, 0.2) is 0 Å². The van der Waals surface area contributed by atoms with Gasteiger partial charge in [0.25, 0.3) is 0 Å². The zero-order valence-corrected chi connectivity index (χ0v) is 8.24. The van der Waals surface area contributed by atoms with Gasteiger partial charge in [0.2, 0.25) is 0 Å². The minimum absolute atomic E-state index is 0.544. The van der Waals surface area contributed by atoms with E-state index in [0.717, 1.165) is 11.3 Å². The minimum atomic E-state index is 0.544. The van der Waals surface area contributed by atoms with E-state index in [1.54, 1.807) is 0 Å². The second-order valence-electron chi connectivity index (χ2n) is 1.87. The van der Waals surface area contributed by atoms with Crippen molar-refractivity contribution in [3.63, 3.8) is 0 Å². The Morgan fingerprint density at radius 1 is 1.18 bits per heavy atom. The van der Waals surface area contributed by atoms with Crippen LogP contribution in [0.4, 0.5) is 0 Å². The van der Waals surface area contributed by atoms with Crippen molar-refractivity contribution in [1.82, 2.24) is 9.97 Å². The topological polar surface area (TPSA) is 25.8 Å². The molecule has 0 saturated carbocycles. The number of hydrogen-bond acceptors (Lipinski definition) is 2. The largest absolute Gasteiger partial charge is 0.241 e. The van der Waals surface area contributed by atoms with Gasteiger partial charge in [0, 0.05) is 17.6 Å². The molecule has 0 spiro atoms. The number of nitrogens with zero attached hydrogens (tertiary/aromatic N) is 2. The smallest absolute Gasteiger partial charge is 0.135 e. The molecule has 0 bridgehead atoms. The lowest BCUT2D eigenvalue weighted by atomic mass is 10.3. The van der Waals surface area contributed by atoms with E-state index in [1.165, 1.54) is 12.7 Å². The molecule has 0 amide bonds. The van der Waals surface area contributed by atoms with Crippen molar-refractivity contribution in [3.05, 3.63) is 22.7 Å². The lowest BCUT2D eigenvalue weighted by Crippen LogP contribution is -1.88. The molecule has 0 atom stereocenters. The van der Waals surface area contributed by atoms with E-state index in [4.69, 9.17) is 11.6 Å². The van der Waals surface area contributed by atoms with Gasteiger partial charge in [-0.05, 0) is 13.8 Å². The van der Waals surface area contributed by atoms with Crippen LogP contribution in [-0.4, -0.2) is 16.4 Å². The van der Waals surface area contributed by atoms with Gasteiger partial charge in [-0.2, -0.15) is 0 Å². The van der Waals surface area contributed by atoms with Crippen LogP contribution in [0.1, 0.15) is 11.3 Å². The molecule has 1 heterocycles. The molecule has 1 rings (SSSR count). The van der Waals surface area contributed by atoms with Gasteiger partial charge in [-0.3, -0.25) is 0 Å². The maximum absolute atomic E-state index is 5.66. The van der Waals surface area contributed by atoms with Crippen LogP contribution in [0.2, 0.25) is 5.15 Å². The van der Waals surface area contributed by atoms with Crippen LogP contribution < -0.4 is 0 Å². The molecule has 0 radical (unpaired) electrons. The van der Waals surface area contributed by atoms with Crippen molar-refractivity contribution >= 4 is 23.2 Å². The monoisotopic (exact) mass is 192 g/mol. The molecule has 62 valence electrons. The third-order valence-electron chi connectivity index (χ3n) is 1.27. The summed E-state index contributed by atoms with van der Waals surface area (Å²) in [5.41, 5.74) is 1.90. The summed E-state index contributed by atoms with van der Waals surface area (Å²) in [6, 6.07) is 0. The predicted octanol–water partition coefficient (Wildman–Crippen LogP) is 2.60. The van der Waals surface area contributed by atoms with Gasteiger partial charge in [-0.15, -0.1) is 11.6 Å². The molecule has 0 aliphatic heterocycles. The fraction of sp³-hybridized carbons (Fsp3) is 0.429. The van der Waals surface area contributed by atoms with E-state index < -0.39 is 0 Å². The Kier molecular flexibility index (Phi) is 5.16. The Labute approximate surface area is 76.6 Å².